The molecule has 0 aliphatic carbocycles. The van der Waals surface area contributed by atoms with E-state index in [-0.39, 0.29) is 0 Å². The molecule has 0 saturated carbocycles. The number of hydrogen-bond acceptors (Lipinski definition) is 12. The maximum Gasteiger partial charge on any atom is 0.250 e. The molecule has 2 aliphatic rings. The van der Waals surface area contributed by atoms with Crippen LogP contribution in [0.4, 0.5) is 17.8 Å². The van der Waals surface area contributed by atoms with E-state index < -0.39 is 0 Å². The molecule has 6 rings (SSSR count). The van der Waals surface area contributed by atoms with Crippen molar-refractivity contribution in [2.45, 2.75) is 10.2 Å². The Bertz CT molecular complexity index is 1280. The number of nitrogens with one attached hydrogen (secondary N) is 2. The minimum atomic E-state index is 0.368. The zero-order chi connectivity index (χ0) is 24.2. The molecule has 0 radical (unpaired) electrons. The van der Waals surface area contributed by atoms with Crippen LogP contribution < -0.4 is 15.2 Å². The fourth-order valence-electron chi connectivity index (χ4n) is 3.90. The molecule has 12 nitrogen and oxygen atoms in total. The van der Waals surface area contributed by atoms with E-state index >= 15 is 0 Å². The van der Waals surface area contributed by atoms with E-state index in [9.17, 15) is 0 Å². The predicted octanol–water partition coefficient (Wildman–Crippen LogP) is 2.61. The summed E-state index contributed by atoms with van der Waals surface area (Å²) in [6, 6.07) is 11.6. The van der Waals surface area contributed by atoms with Gasteiger partial charge in [0.25, 0.3) is 0 Å². The van der Waals surface area contributed by atoms with Crippen LogP contribution in [0.2, 0.25) is 0 Å². The lowest BCUT2D eigenvalue weighted by atomic mass is 10.3. The zero-order valence-electron chi connectivity index (χ0n) is 19.5. The Hall–Kier alpha value is -3.68. The first kappa shape index (κ1) is 22.8. The number of imidazole rings is 1. The van der Waals surface area contributed by atoms with Crippen LogP contribution in [0, 0.1) is 0 Å². The smallest absolute Gasteiger partial charge is 0.250 e. The maximum atomic E-state index is 5.88. The lowest BCUT2D eigenvalue weighted by Gasteiger charge is -2.30. The van der Waals surface area contributed by atoms with Gasteiger partial charge in [-0.15, -0.1) is 0 Å². The standard InChI is InChI=1S/C23H25N9O3S/c1-2-4-18-17(3-1)25-23(26-18)36-19-6-5-16(35-19)15-24-30-20-27-21(31-7-11-33-12-8-31)29-22(28-20)32-9-13-34-14-10-32/h1-6,15H,7-14H2,(H,25,26)(H,27,28,29,30). The topological polar surface area (TPSA) is 130 Å². The van der Waals surface area contributed by atoms with Crippen LogP contribution in [0.15, 0.2) is 56.2 Å². The molecule has 13 heteroatoms. The van der Waals surface area contributed by atoms with Crippen LogP contribution in [-0.2, 0) is 9.47 Å². The highest BCUT2D eigenvalue weighted by atomic mass is 32.2. The molecule has 0 bridgehead atoms. The number of hydrogen-bond donors (Lipinski definition) is 2. The lowest BCUT2D eigenvalue weighted by Crippen LogP contribution is -2.40. The second kappa shape index (κ2) is 10.5. The van der Waals surface area contributed by atoms with Crippen molar-refractivity contribution >= 4 is 46.9 Å². The molecular formula is C23H25N9O3S. The number of morpholine rings is 2. The van der Waals surface area contributed by atoms with Gasteiger partial charge in [0.1, 0.15) is 5.76 Å². The van der Waals surface area contributed by atoms with E-state index in [1.807, 2.05) is 36.4 Å². The van der Waals surface area contributed by atoms with Crippen LogP contribution in [0.1, 0.15) is 5.76 Å². The normalized spacial score (nSPS) is 16.8. The highest BCUT2D eigenvalue weighted by molar-refractivity contribution is 7.99. The van der Waals surface area contributed by atoms with E-state index in [0.29, 0.717) is 55.1 Å². The van der Waals surface area contributed by atoms with Gasteiger partial charge in [0.15, 0.2) is 10.2 Å². The second-order valence-corrected chi connectivity index (χ2v) is 9.14. The molecule has 2 aliphatic heterocycles. The van der Waals surface area contributed by atoms with Crippen LogP contribution in [0.5, 0.6) is 0 Å². The van der Waals surface area contributed by atoms with Crippen molar-refractivity contribution in [2.75, 3.05) is 67.8 Å². The third-order valence-corrected chi connectivity index (χ3v) is 6.53. The molecule has 5 heterocycles. The van der Waals surface area contributed by atoms with Gasteiger partial charge in [0.05, 0.1) is 43.7 Å². The molecule has 2 fully saturated rings. The van der Waals surface area contributed by atoms with Crippen molar-refractivity contribution in [2.24, 2.45) is 5.10 Å². The van der Waals surface area contributed by atoms with Gasteiger partial charge < -0.3 is 28.7 Å². The Morgan fingerprint density at radius 3 is 2.25 bits per heavy atom. The van der Waals surface area contributed by atoms with E-state index in [4.69, 9.17) is 18.9 Å². The van der Waals surface area contributed by atoms with Crippen molar-refractivity contribution in [1.29, 1.82) is 0 Å². The molecule has 2 saturated heterocycles. The molecule has 1 aromatic carbocycles. The van der Waals surface area contributed by atoms with Crippen molar-refractivity contribution in [3.05, 3.63) is 42.2 Å². The number of fused-ring (bicyclic) bond motifs is 1. The molecule has 0 amide bonds. The summed E-state index contributed by atoms with van der Waals surface area (Å²) < 4.78 is 16.8. The number of aromatic nitrogens is 5. The SMILES string of the molecule is C(=NNc1nc(N2CCOCC2)nc(N2CCOCC2)n1)c1ccc(Sc2nc3ccccc3[nH]2)o1. The summed E-state index contributed by atoms with van der Waals surface area (Å²) in [6.07, 6.45) is 1.59. The van der Waals surface area contributed by atoms with Crippen LogP contribution >= 0.6 is 11.8 Å². The second-order valence-electron chi connectivity index (χ2n) is 8.15. The highest BCUT2D eigenvalue weighted by Crippen LogP contribution is 2.28. The molecule has 0 atom stereocenters. The minimum Gasteiger partial charge on any atom is -0.448 e. The quantitative estimate of drug-likeness (QED) is 0.283. The number of nitrogens with zero attached hydrogens (tertiary/aromatic N) is 7. The molecule has 186 valence electrons. The van der Waals surface area contributed by atoms with Crippen molar-refractivity contribution in [3.63, 3.8) is 0 Å². The van der Waals surface area contributed by atoms with E-state index in [1.54, 1.807) is 6.21 Å². The number of furan rings is 1. The Kier molecular flexibility index (Phi) is 6.65. The van der Waals surface area contributed by atoms with Gasteiger partial charge in [-0.05, 0) is 36.0 Å². The Balaban J connectivity index is 1.15. The van der Waals surface area contributed by atoms with Gasteiger partial charge in [-0.1, -0.05) is 12.1 Å². The molecule has 4 aromatic rings. The molecule has 3 aromatic heterocycles. The molecule has 0 spiro atoms. The Morgan fingerprint density at radius 2 is 1.56 bits per heavy atom. The number of benzene rings is 1. The minimum absolute atomic E-state index is 0.368. The fourth-order valence-corrected chi connectivity index (χ4v) is 4.67. The third-order valence-electron chi connectivity index (χ3n) is 5.72. The summed E-state index contributed by atoms with van der Waals surface area (Å²) in [4.78, 5) is 25.9. The Morgan fingerprint density at radius 1 is 0.861 bits per heavy atom. The largest absolute Gasteiger partial charge is 0.448 e. The average Bonchev–Trinajstić information content (AvgIpc) is 3.56. The first-order valence-corrected chi connectivity index (χ1v) is 12.5. The van der Waals surface area contributed by atoms with Crippen LogP contribution in [-0.4, -0.2) is 83.7 Å². The number of aromatic amines is 1. The highest BCUT2D eigenvalue weighted by Gasteiger charge is 2.20. The van der Waals surface area contributed by atoms with E-state index in [2.05, 4.69) is 40.3 Å². The van der Waals surface area contributed by atoms with Gasteiger partial charge in [-0.2, -0.15) is 20.1 Å². The number of para-hydroxylation sites is 2. The summed E-state index contributed by atoms with van der Waals surface area (Å²) >= 11 is 1.42. The van der Waals surface area contributed by atoms with Gasteiger partial charge in [0, 0.05) is 26.2 Å². The lowest BCUT2D eigenvalue weighted by molar-refractivity contribution is 0.121. The van der Waals surface area contributed by atoms with Crippen LogP contribution in [0.3, 0.4) is 0 Å². The molecule has 36 heavy (non-hydrogen) atoms. The zero-order valence-corrected chi connectivity index (χ0v) is 20.3. The van der Waals surface area contributed by atoms with E-state index in [0.717, 1.165) is 42.4 Å². The number of hydrazone groups is 1. The molecule has 2 N–H and O–H groups in total. The number of H-pyrrole nitrogens is 1. The van der Waals surface area contributed by atoms with E-state index in [1.165, 1.54) is 11.8 Å². The number of rotatable bonds is 7. The third kappa shape index (κ3) is 5.27. The summed E-state index contributed by atoms with van der Waals surface area (Å²) in [7, 11) is 0. The summed E-state index contributed by atoms with van der Waals surface area (Å²) in [6.45, 7) is 5.50. The number of anilines is 3. The van der Waals surface area contributed by atoms with Gasteiger partial charge in [-0.25, -0.2) is 10.4 Å². The first-order valence-electron chi connectivity index (χ1n) is 11.7. The Labute approximate surface area is 211 Å². The monoisotopic (exact) mass is 507 g/mol. The summed E-state index contributed by atoms with van der Waals surface area (Å²) in [5.74, 6) is 2.18. The van der Waals surface area contributed by atoms with Crippen molar-refractivity contribution in [3.8, 4) is 0 Å². The average molecular weight is 508 g/mol. The summed E-state index contributed by atoms with van der Waals surface area (Å²) in [5.41, 5.74) is 4.84. The van der Waals surface area contributed by atoms with Crippen LogP contribution in [0.25, 0.3) is 11.0 Å². The first-order chi connectivity index (χ1) is 17.8. The van der Waals surface area contributed by atoms with Crippen molar-refractivity contribution < 1.29 is 13.9 Å². The van der Waals surface area contributed by atoms with Gasteiger partial charge in [0.2, 0.25) is 17.8 Å². The molecule has 0 unspecified atom stereocenters. The predicted molar refractivity (Wildman–Crippen MR) is 136 cm³/mol. The summed E-state index contributed by atoms with van der Waals surface area (Å²) in [5, 5.41) is 5.77. The molecular weight excluding hydrogens is 482 g/mol. The maximum absolute atomic E-state index is 5.88. The van der Waals surface area contributed by atoms with Crippen molar-refractivity contribution in [1.82, 2.24) is 24.9 Å². The van der Waals surface area contributed by atoms with Gasteiger partial charge >= 0.3 is 0 Å². The number of ether oxygens (including phenoxy) is 2. The van der Waals surface area contributed by atoms with Gasteiger partial charge in [-0.3, -0.25) is 0 Å². The fraction of sp³-hybridized carbons (Fsp3) is 0.348.